The van der Waals surface area contributed by atoms with Crippen LogP contribution in [0.2, 0.25) is 5.02 Å². The first-order valence-corrected chi connectivity index (χ1v) is 4.79. The van der Waals surface area contributed by atoms with E-state index >= 15 is 0 Å². The Hall–Kier alpha value is -1.13. The fraction of sp³-hybridized carbons (Fsp3) is 0.300. The molecule has 1 rings (SSSR count). The maximum atomic E-state index is 13.4. The fourth-order valence-electron chi connectivity index (χ4n) is 1.17. The lowest BCUT2D eigenvalue weighted by atomic mass is 10.2. The highest BCUT2D eigenvalue weighted by molar-refractivity contribution is 6.30. The third-order valence-corrected chi connectivity index (χ3v) is 2.22. The molecule has 1 aromatic carbocycles. The van der Waals surface area contributed by atoms with Gasteiger partial charge in [0.05, 0.1) is 11.7 Å². The number of rotatable bonds is 2. The number of carbonyl (C=O) groups excluding carboxylic acids is 1. The number of benzene rings is 1. The number of amides is 1. The summed E-state index contributed by atoms with van der Waals surface area (Å²) in [6.45, 7) is 1.54. The Morgan fingerprint density at radius 2 is 2.20 bits per heavy atom. The van der Waals surface area contributed by atoms with Crippen LogP contribution in [-0.4, -0.2) is 19.0 Å². The highest BCUT2D eigenvalue weighted by Crippen LogP contribution is 2.22. The first-order valence-electron chi connectivity index (χ1n) is 4.41. The topological polar surface area (TPSA) is 46.3 Å². The molecular weight excluding hydrogens is 219 g/mol. The zero-order valence-electron chi connectivity index (χ0n) is 8.50. The summed E-state index contributed by atoms with van der Waals surface area (Å²) < 4.78 is 13.4. The fourth-order valence-corrected chi connectivity index (χ4v) is 1.33. The van der Waals surface area contributed by atoms with E-state index in [1.54, 1.807) is 6.92 Å². The van der Waals surface area contributed by atoms with Gasteiger partial charge in [-0.25, -0.2) is 4.39 Å². The van der Waals surface area contributed by atoms with Crippen LogP contribution >= 0.6 is 11.6 Å². The van der Waals surface area contributed by atoms with Crippen LogP contribution in [0.4, 0.5) is 10.1 Å². The van der Waals surface area contributed by atoms with E-state index in [1.807, 2.05) is 0 Å². The Morgan fingerprint density at radius 1 is 1.60 bits per heavy atom. The molecule has 0 spiro atoms. The maximum absolute atomic E-state index is 13.4. The van der Waals surface area contributed by atoms with E-state index < -0.39 is 11.9 Å². The van der Waals surface area contributed by atoms with E-state index in [2.05, 4.69) is 0 Å². The van der Waals surface area contributed by atoms with E-state index in [0.717, 1.165) is 4.90 Å². The number of anilines is 1. The molecule has 0 aromatic heterocycles. The van der Waals surface area contributed by atoms with Gasteiger partial charge in [0, 0.05) is 12.1 Å². The molecule has 0 aliphatic heterocycles. The third kappa shape index (κ3) is 2.67. The highest BCUT2D eigenvalue weighted by atomic mass is 35.5. The Morgan fingerprint density at radius 3 is 2.73 bits per heavy atom. The van der Waals surface area contributed by atoms with Gasteiger partial charge in [-0.1, -0.05) is 11.6 Å². The van der Waals surface area contributed by atoms with Crippen molar-refractivity contribution in [3.05, 3.63) is 29.0 Å². The van der Waals surface area contributed by atoms with Gasteiger partial charge in [0.2, 0.25) is 5.91 Å². The van der Waals surface area contributed by atoms with Crippen LogP contribution in [0.5, 0.6) is 0 Å². The summed E-state index contributed by atoms with van der Waals surface area (Å²) in [6, 6.07) is 3.35. The van der Waals surface area contributed by atoms with Crippen molar-refractivity contribution in [2.75, 3.05) is 11.9 Å². The molecule has 1 amide bonds. The van der Waals surface area contributed by atoms with Gasteiger partial charge in [-0.2, -0.15) is 0 Å². The smallest absolute Gasteiger partial charge is 0.243 e. The molecule has 82 valence electrons. The normalized spacial score (nSPS) is 12.3. The van der Waals surface area contributed by atoms with Gasteiger partial charge >= 0.3 is 0 Å². The molecule has 1 atom stereocenters. The van der Waals surface area contributed by atoms with Crippen molar-refractivity contribution in [2.45, 2.75) is 13.0 Å². The summed E-state index contributed by atoms with van der Waals surface area (Å²) in [5.74, 6) is -0.868. The van der Waals surface area contributed by atoms with Gasteiger partial charge in [0.1, 0.15) is 5.82 Å². The highest BCUT2D eigenvalue weighted by Gasteiger charge is 2.18. The maximum Gasteiger partial charge on any atom is 0.243 e. The number of hydrogen-bond acceptors (Lipinski definition) is 2. The standard InChI is InChI=1S/C10H12ClFN2O/c1-6(13)10(15)14(2)9-5-7(11)3-4-8(9)12/h3-6H,13H2,1-2H3. The van der Waals surface area contributed by atoms with Crippen LogP contribution in [0.25, 0.3) is 0 Å². The lowest BCUT2D eigenvalue weighted by Gasteiger charge is -2.20. The molecule has 1 unspecified atom stereocenters. The summed E-state index contributed by atoms with van der Waals surface area (Å²) in [4.78, 5) is 12.7. The number of halogens is 2. The van der Waals surface area contributed by atoms with Crippen LogP contribution in [0, 0.1) is 5.82 Å². The van der Waals surface area contributed by atoms with E-state index in [9.17, 15) is 9.18 Å². The van der Waals surface area contributed by atoms with E-state index in [0.29, 0.717) is 5.02 Å². The van der Waals surface area contributed by atoms with Crippen LogP contribution < -0.4 is 10.6 Å². The summed E-state index contributed by atoms with van der Waals surface area (Å²) in [6.07, 6.45) is 0. The largest absolute Gasteiger partial charge is 0.320 e. The number of hydrogen-bond donors (Lipinski definition) is 1. The van der Waals surface area contributed by atoms with Crippen LogP contribution in [0.3, 0.4) is 0 Å². The molecule has 1 aromatic rings. The van der Waals surface area contributed by atoms with Crippen molar-refractivity contribution < 1.29 is 9.18 Å². The Kier molecular flexibility index (Phi) is 3.66. The quantitative estimate of drug-likeness (QED) is 0.842. The minimum Gasteiger partial charge on any atom is -0.320 e. The second kappa shape index (κ2) is 4.59. The number of carbonyl (C=O) groups is 1. The SMILES string of the molecule is CC(N)C(=O)N(C)c1cc(Cl)ccc1F. The summed E-state index contributed by atoms with van der Waals surface area (Å²) in [7, 11) is 1.46. The average Bonchev–Trinajstić information content (AvgIpc) is 2.19. The zero-order valence-corrected chi connectivity index (χ0v) is 9.25. The second-order valence-corrected chi connectivity index (χ2v) is 3.72. The molecule has 0 radical (unpaired) electrons. The molecular formula is C10H12ClFN2O. The molecule has 0 saturated heterocycles. The molecule has 2 N–H and O–H groups in total. The van der Waals surface area contributed by atoms with Crippen molar-refractivity contribution in [2.24, 2.45) is 5.73 Å². The molecule has 15 heavy (non-hydrogen) atoms. The Labute approximate surface area is 92.6 Å². The predicted molar refractivity (Wildman–Crippen MR) is 58.5 cm³/mol. The number of nitrogens with zero attached hydrogens (tertiary/aromatic N) is 1. The van der Waals surface area contributed by atoms with Gasteiger partial charge in [-0.15, -0.1) is 0 Å². The van der Waals surface area contributed by atoms with E-state index in [1.165, 1.54) is 25.2 Å². The molecule has 3 nitrogen and oxygen atoms in total. The molecule has 0 fully saturated rings. The van der Waals surface area contributed by atoms with Crippen LogP contribution in [0.15, 0.2) is 18.2 Å². The van der Waals surface area contributed by atoms with Crippen molar-refractivity contribution in [1.82, 2.24) is 0 Å². The lowest BCUT2D eigenvalue weighted by molar-refractivity contribution is -0.119. The monoisotopic (exact) mass is 230 g/mol. The number of likely N-dealkylation sites (N-methyl/N-ethyl adjacent to an activating group) is 1. The molecule has 0 bridgehead atoms. The summed E-state index contributed by atoms with van der Waals surface area (Å²) >= 11 is 5.71. The van der Waals surface area contributed by atoms with E-state index in [4.69, 9.17) is 17.3 Å². The van der Waals surface area contributed by atoms with E-state index in [-0.39, 0.29) is 11.6 Å². The van der Waals surface area contributed by atoms with Gasteiger partial charge in [0.15, 0.2) is 0 Å². The number of nitrogens with two attached hydrogens (primary N) is 1. The first-order chi connectivity index (χ1) is 6.93. The summed E-state index contributed by atoms with van der Waals surface area (Å²) in [5, 5.41) is 0.371. The molecule has 0 aliphatic carbocycles. The van der Waals surface area contributed by atoms with Gasteiger partial charge in [-0.05, 0) is 25.1 Å². The Balaban J connectivity index is 3.05. The van der Waals surface area contributed by atoms with Crippen molar-refractivity contribution >= 4 is 23.2 Å². The minimum atomic E-state index is -0.673. The predicted octanol–water partition coefficient (Wildman–Crippen LogP) is 1.79. The molecule has 0 saturated carbocycles. The van der Waals surface area contributed by atoms with Gasteiger partial charge < -0.3 is 10.6 Å². The average molecular weight is 231 g/mol. The summed E-state index contributed by atoms with van der Waals surface area (Å²) in [5.41, 5.74) is 5.55. The minimum absolute atomic E-state index is 0.129. The molecule has 0 aliphatic rings. The van der Waals surface area contributed by atoms with Crippen molar-refractivity contribution in [1.29, 1.82) is 0 Å². The first kappa shape index (κ1) is 11.9. The lowest BCUT2D eigenvalue weighted by Crippen LogP contribution is -2.40. The zero-order chi connectivity index (χ0) is 11.6. The van der Waals surface area contributed by atoms with Crippen LogP contribution in [-0.2, 0) is 4.79 Å². The van der Waals surface area contributed by atoms with Gasteiger partial charge in [0.25, 0.3) is 0 Å². The van der Waals surface area contributed by atoms with Crippen molar-refractivity contribution in [3.63, 3.8) is 0 Å². The van der Waals surface area contributed by atoms with Crippen LogP contribution in [0.1, 0.15) is 6.92 Å². The molecule has 0 heterocycles. The van der Waals surface area contributed by atoms with Crippen molar-refractivity contribution in [3.8, 4) is 0 Å². The third-order valence-electron chi connectivity index (χ3n) is 1.99. The molecule has 5 heteroatoms. The second-order valence-electron chi connectivity index (χ2n) is 3.28. The van der Waals surface area contributed by atoms with Gasteiger partial charge in [-0.3, -0.25) is 4.79 Å². The Bertz CT molecular complexity index is 382.